The summed E-state index contributed by atoms with van der Waals surface area (Å²) in [7, 11) is 0. The highest BCUT2D eigenvalue weighted by Crippen LogP contribution is 2.31. The van der Waals surface area contributed by atoms with Gasteiger partial charge in [-0.15, -0.1) is 0 Å². The highest BCUT2D eigenvalue weighted by Gasteiger charge is 2.31. The first-order chi connectivity index (χ1) is 30.5. The lowest BCUT2D eigenvalue weighted by atomic mass is 9.91. The second-order valence-electron chi connectivity index (χ2n) is 17.0. The molecule has 6 heterocycles. The molecule has 0 bridgehead atoms. The number of nitrogens with one attached hydrogen (secondary N) is 1. The molecule has 0 radical (unpaired) electrons. The summed E-state index contributed by atoms with van der Waals surface area (Å²) in [5.41, 5.74) is 23.5. The molecule has 3 aromatic heterocycles. The molecule has 0 saturated heterocycles. The normalized spacial score (nSPS) is 14.2. The molecule has 3 aliphatic rings. The van der Waals surface area contributed by atoms with Crippen molar-refractivity contribution in [1.82, 2.24) is 39.6 Å². The first kappa shape index (κ1) is 45.0. The van der Waals surface area contributed by atoms with Crippen LogP contribution in [0.3, 0.4) is 0 Å². The van der Waals surface area contributed by atoms with E-state index in [0.717, 1.165) is 49.3 Å². The van der Waals surface area contributed by atoms with Crippen LogP contribution in [-0.2, 0) is 43.9 Å². The molecule has 0 unspecified atom stereocenters. The van der Waals surface area contributed by atoms with E-state index >= 15 is 0 Å². The third kappa shape index (κ3) is 9.91. The van der Waals surface area contributed by atoms with Crippen molar-refractivity contribution in [2.75, 3.05) is 13.1 Å². The summed E-state index contributed by atoms with van der Waals surface area (Å²) in [4.78, 5) is 49.7. The van der Waals surface area contributed by atoms with Gasteiger partial charge in [-0.25, -0.2) is 13.2 Å². The third-order valence-electron chi connectivity index (χ3n) is 11.0. The maximum atomic E-state index is 13.2. The molecule has 64 heavy (non-hydrogen) atoms. The number of nitrogens with two attached hydrogens (primary N) is 3. The molecule has 15 nitrogen and oxygen atoms in total. The summed E-state index contributed by atoms with van der Waals surface area (Å²) in [6, 6.07) is 17.6. The maximum absolute atomic E-state index is 13.2. The summed E-state index contributed by atoms with van der Waals surface area (Å²) in [6.07, 6.45) is 3.33. The number of benzene rings is 3. The van der Waals surface area contributed by atoms with E-state index in [2.05, 4.69) is 20.6 Å². The molecule has 0 fully saturated rings. The maximum Gasteiger partial charge on any atom is 0.252 e. The van der Waals surface area contributed by atoms with Gasteiger partial charge in [-0.3, -0.25) is 33.2 Å². The van der Waals surface area contributed by atoms with E-state index in [4.69, 9.17) is 17.2 Å². The number of hydrogen-bond acceptors (Lipinski definition) is 8. The molecule has 334 valence electrons. The lowest BCUT2D eigenvalue weighted by Crippen LogP contribution is -2.40. The molecule has 4 amide bonds. The molecule has 9 rings (SSSR count). The average Bonchev–Trinajstić information content (AvgIpc) is 3.96. The second-order valence-corrected chi connectivity index (χ2v) is 17.0. The average molecular weight is 878 g/mol. The van der Waals surface area contributed by atoms with Crippen LogP contribution in [-0.4, -0.2) is 71.0 Å². The number of primary amides is 3. The molecule has 0 spiro atoms. The number of halogens is 3. The molecule has 18 heteroatoms. The molecular weight excluding hydrogens is 828 g/mol. The van der Waals surface area contributed by atoms with Gasteiger partial charge in [0.05, 0.1) is 53.4 Å². The molecule has 0 aliphatic carbocycles. The smallest absolute Gasteiger partial charge is 0.252 e. The molecule has 3 aromatic carbocycles. The van der Waals surface area contributed by atoms with Crippen LogP contribution in [0, 0.1) is 22.9 Å². The van der Waals surface area contributed by atoms with E-state index in [0.29, 0.717) is 89.7 Å². The third-order valence-corrected chi connectivity index (χ3v) is 11.0. The van der Waals surface area contributed by atoms with Gasteiger partial charge >= 0.3 is 0 Å². The monoisotopic (exact) mass is 877 g/mol. The summed E-state index contributed by atoms with van der Waals surface area (Å²) in [5, 5.41) is 16.6. The molecule has 0 atom stereocenters. The Balaban J connectivity index is 0.000000146. The zero-order valence-corrected chi connectivity index (χ0v) is 35.8. The number of carbonyl (C=O) groups excluding carboxylic acids is 4. The zero-order chi connectivity index (χ0) is 45.9. The van der Waals surface area contributed by atoms with Crippen molar-refractivity contribution in [3.05, 3.63) is 124 Å². The van der Waals surface area contributed by atoms with E-state index in [1.54, 1.807) is 50.7 Å². The van der Waals surface area contributed by atoms with Crippen molar-refractivity contribution in [3.8, 4) is 33.8 Å². The summed E-state index contributed by atoms with van der Waals surface area (Å²) < 4.78 is 44.5. The van der Waals surface area contributed by atoms with Crippen LogP contribution in [0.2, 0.25) is 0 Å². The molecule has 7 N–H and O–H groups in total. The molecule has 3 aliphatic heterocycles. The topological polar surface area (TPSA) is 215 Å². The summed E-state index contributed by atoms with van der Waals surface area (Å²) >= 11 is 0. The lowest BCUT2D eigenvalue weighted by molar-refractivity contribution is -0.134. The van der Waals surface area contributed by atoms with E-state index in [9.17, 15) is 32.3 Å². The van der Waals surface area contributed by atoms with Crippen molar-refractivity contribution in [3.63, 3.8) is 0 Å². The fourth-order valence-corrected chi connectivity index (χ4v) is 8.05. The summed E-state index contributed by atoms with van der Waals surface area (Å²) in [5.74, 6) is -2.54. The van der Waals surface area contributed by atoms with Gasteiger partial charge in [0.1, 0.15) is 34.5 Å². The zero-order valence-electron chi connectivity index (χ0n) is 35.8. The van der Waals surface area contributed by atoms with Gasteiger partial charge in [-0.1, -0.05) is 20.8 Å². The lowest BCUT2D eigenvalue weighted by Gasteiger charge is -2.30. The first-order valence-corrected chi connectivity index (χ1v) is 20.9. The van der Waals surface area contributed by atoms with Crippen LogP contribution in [0.1, 0.15) is 88.2 Å². The number of hydrogen-bond donors (Lipinski definition) is 4. The van der Waals surface area contributed by atoms with Crippen molar-refractivity contribution in [2.45, 2.75) is 79.2 Å². The van der Waals surface area contributed by atoms with E-state index in [-0.39, 0.29) is 28.8 Å². The Morgan fingerprint density at radius 3 is 1.45 bits per heavy atom. The minimum absolute atomic E-state index is 0.0451. The fourth-order valence-electron chi connectivity index (χ4n) is 8.05. The van der Waals surface area contributed by atoms with Gasteiger partial charge < -0.3 is 27.4 Å². The Hall–Kier alpha value is -7.08. The first-order valence-electron chi connectivity index (χ1n) is 20.9. The molecular formula is C46H50F3N11O4. The SMILES string of the molecule is CC(C)(C)CC(=O)N1CCn2nc(-c3ccc(F)cc3)c(C(N)=O)c2C1.NC(=O)c1c(-c2ccc(F)cc2)nn2c1CCCC2.NC(=O)c1c(-c2ccc(F)cc2)nn2c1CNCC2. The number of nitrogens with zero attached hydrogens (tertiary/aromatic N) is 7. The highest BCUT2D eigenvalue weighted by atomic mass is 19.1. The van der Waals surface area contributed by atoms with Crippen molar-refractivity contribution >= 4 is 23.6 Å². The number of aryl methyl sites for hydroxylation is 1. The Bertz CT molecular complexity index is 2580. The number of fused-ring (bicyclic) bond motifs is 3. The predicted molar refractivity (Wildman–Crippen MR) is 233 cm³/mol. The van der Waals surface area contributed by atoms with Crippen LogP contribution in [0.15, 0.2) is 72.8 Å². The van der Waals surface area contributed by atoms with Crippen LogP contribution in [0.25, 0.3) is 33.8 Å². The number of amides is 4. The van der Waals surface area contributed by atoms with Crippen LogP contribution >= 0.6 is 0 Å². The van der Waals surface area contributed by atoms with Gasteiger partial charge in [-0.2, -0.15) is 15.3 Å². The minimum Gasteiger partial charge on any atom is -0.365 e. The Morgan fingerprint density at radius 2 is 1.00 bits per heavy atom. The predicted octanol–water partition coefficient (Wildman–Crippen LogP) is 5.58. The Morgan fingerprint density at radius 1 is 0.578 bits per heavy atom. The van der Waals surface area contributed by atoms with Gasteiger partial charge in [-0.05, 0) is 97.5 Å². The van der Waals surface area contributed by atoms with Gasteiger partial charge in [0.25, 0.3) is 17.7 Å². The number of carbonyl (C=O) groups is 4. The number of rotatable bonds is 7. The van der Waals surface area contributed by atoms with E-state index < -0.39 is 17.7 Å². The van der Waals surface area contributed by atoms with Gasteiger partial charge in [0.15, 0.2) is 0 Å². The van der Waals surface area contributed by atoms with Gasteiger partial charge in [0, 0.05) is 49.3 Å². The molecule has 6 aromatic rings. The largest absolute Gasteiger partial charge is 0.365 e. The molecule has 0 saturated carbocycles. The quantitative estimate of drug-likeness (QED) is 0.158. The number of aromatic nitrogens is 6. The Labute approximate surface area is 367 Å². The standard InChI is InChI=1S/C19H23FN4O2.C14H14FN3O.C13H13FN4O/c1-19(2,3)10-15(25)23-8-9-24-14(11-23)16(18(21)26)17(22-24)12-4-6-13(20)7-5-12;15-10-6-4-9(5-7-10)13-12(14(16)19)11-3-1-2-8-18(11)17-13;14-9-3-1-8(2-4-9)12-11(13(15)19)10-7-16-5-6-18(10)17-12/h4-7H,8-11H2,1-3H3,(H2,21,26);4-7H,1-3,8H2,(H2,16,19);1-4,16H,5-7H2,(H2,15,19). The van der Waals surface area contributed by atoms with E-state index in [1.807, 2.05) is 25.5 Å². The van der Waals surface area contributed by atoms with Crippen molar-refractivity contribution in [2.24, 2.45) is 22.6 Å². The van der Waals surface area contributed by atoms with Crippen LogP contribution < -0.4 is 22.5 Å². The minimum atomic E-state index is -0.601. The Kier molecular flexibility index (Phi) is 13.2. The van der Waals surface area contributed by atoms with Gasteiger partial charge in [0.2, 0.25) is 5.91 Å². The summed E-state index contributed by atoms with van der Waals surface area (Å²) in [6.45, 7) is 10.2. The van der Waals surface area contributed by atoms with Crippen molar-refractivity contribution in [1.29, 1.82) is 0 Å². The van der Waals surface area contributed by atoms with Crippen molar-refractivity contribution < 1.29 is 32.3 Å². The fraction of sp³-hybridized carbons (Fsp3) is 0.326. The van der Waals surface area contributed by atoms with E-state index in [1.165, 1.54) is 36.4 Å². The highest BCUT2D eigenvalue weighted by molar-refractivity contribution is 6.01. The van der Waals surface area contributed by atoms with Crippen LogP contribution in [0.5, 0.6) is 0 Å². The van der Waals surface area contributed by atoms with Crippen LogP contribution in [0.4, 0.5) is 13.2 Å². The second kappa shape index (κ2) is 18.7.